The number of aromatic nitrogens is 1. The summed E-state index contributed by atoms with van der Waals surface area (Å²) in [6.45, 7) is 0. The number of hydrogen-bond acceptors (Lipinski definition) is 1. The summed E-state index contributed by atoms with van der Waals surface area (Å²) in [5.74, 6) is 0.430. The molecule has 0 radical (unpaired) electrons. The summed E-state index contributed by atoms with van der Waals surface area (Å²) in [5.41, 5.74) is 0.198. The molecule has 2 nitrogen and oxygen atoms in total. The minimum Gasteiger partial charge on any atom is -0.482 e. The molecule has 1 rings (SSSR count). The van der Waals surface area contributed by atoms with E-state index < -0.39 is 12.6 Å². The standard InChI is InChI=1S/C8H10F3NO/c1-12-6(5-8(9,10)11)3-4-7(12)13-2/h3-4H,5H2,1-2H3. The summed E-state index contributed by atoms with van der Waals surface area (Å²) < 4.78 is 42.2. The van der Waals surface area contributed by atoms with Gasteiger partial charge in [0.1, 0.15) is 0 Å². The van der Waals surface area contributed by atoms with E-state index in [1.54, 1.807) is 7.05 Å². The van der Waals surface area contributed by atoms with Crippen LogP contribution in [0.4, 0.5) is 13.2 Å². The van der Waals surface area contributed by atoms with Gasteiger partial charge >= 0.3 is 6.18 Å². The molecule has 0 saturated heterocycles. The fraction of sp³-hybridized carbons (Fsp3) is 0.500. The average molecular weight is 193 g/mol. The third-order valence-electron chi connectivity index (χ3n) is 1.77. The van der Waals surface area contributed by atoms with E-state index in [9.17, 15) is 13.2 Å². The number of rotatable bonds is 2. The molecule has 1 aromatic rings. The van der Waals surface area contributed by atoms with Crippen molar-refractivity contribution < 1.29 is 17.9 Å². The number of alkyl halides is 3. The Kier molecular flexibility index (Phi) is 2.54. The Morgan fingerprint density at radius 1 is 1.38 bits per heavy atom. The van der Waals surface area contributed by atoms with E-state index in [1.165, 1.54) is 23.8 Å². The molecule has 0 fully saturated rings. The van der Waals surface area contributed by atoms with Crippen molar-refractivity contribution in [2.24, 2.45) is 7.05 Å². The van der Waals surface area contributed by atoms with Crippen molar-refractivity contribution in [3.63, 3.8) is 0 Å². The molecular weight excluding hydrogens is 183 g/mol. The molecule has 0 spiro atoms. The average Bonchev–Trinajstić information content (AvgIpc) is 2.30. The van der Waals surface area contributed by atoms with Gasteiger partial charge in [-0.1, -0.05) is 0 Å². The molecule has 1 heterocycles. The van der Waals surface area contributed by atoms with Crippen LogP contribution in [0.15, 0.2) is 12.1 Å². The zero-order valence-electron chi connectivity index (χ0n) is 7.35. The lowest BCUT2D eigenvalue weighted by Crippen LogP contribution is -2.14. The van der Waals surface area contributed by atoms with Gasteiger partial charge in [-0.3, -0.25) is 0 Å². The molecular formula is C8H10F3NO. The normalized spacial score (nSPS) is 11.8. The maximum absolute atomic E-state index is 12.0. The smallest absolute Gasteiger partial charge is 0.394 e. The van der Waals surface area contributed by atoms with Gasteiger partial charge in [0, 0.05) is 18.8 Å². The van der Waals surface area contributed by atoms with Crippen LogP contribution >= 0.6 is 0 Å². The third-order valence-corrected chi connectivity index (χ3v) is 1.77. The first-order valence-electron chi connectivity index (χ1n) is 3.69. The Morgan fingerprint density at radius 3 is 2.38 bits per heavy atom. The first-order valence-corrected chi connectivity index (χ1v) is 3.69. The first kappa shape index (κ1) is 9.95. The van der Waals surface area contributed by atoms with Crippen LogP contribution in [0.5, 0.6) is 5.88 Å². The zero-order valence-corrected chi connectivity index (χ0v) is 7.35. The van der Waals surface area contributed by atoms with E-state index in [1.807, 2.05) is 0 Å². The van der Waals surface area contributed by atoms with Gasteiger partial charge in [0.05, 0.1) is 13.5 Å². The lowest BCUT2D eigenvalue weighted by atomic mass is 10.3. The summed E-state index contributed by atoms with van der Waals surface area (Å²) >= 11 is 0. The molecule has 0 N–H and O–H groups in total. The van der Waals surface area contributed by atoms with Crippen molar-refractivity contribution in [2.45, 2.75) is 12.6 Å². The van der Waals surface area contributed by atoms with Crippen molar-refractivity contribution in [1.82, 2.24) is 4.57 Å². The second-order valence-corrected chi connectivity index (χ2v) is 2.72. The zero-order chi connectivity index (χ0) is 10.1. The van der Waals surface area contributed by atoms with Gasteiger partial charge < -0.3 is 9.30 Å². The van der Waals surface area contributed by atoms with Crippen molar-refractivity contribution in [2.75, 3.05) is 7.11 Å². The molecule has 0 saturated carbocycles. The van der Waals surface area contributed by atoms with E-state index in [4.69, 9.17) is 4.74 Å². The Morgan fingerprint density at radius 2 is 2.00 bits per heavy atom. The second-order valence-electron chi connectivity index (χ2n) is 2.72. The number of ether oxygens (including phenoxy) is 1. The van der Waals surface area contributed by atoms with E-state index in [2.05, 4.69) is 0 Å². The van der Waals surface area contributed by atoms with Crippen molar-refractivity contribution in [3.05, 3.63) is 17.8 Å². The summed E-state index contributed by atoms with van der Waals surface area (Å²) in [4.78, 5) is 0. The molecule has 0 amide bonds. The van der Waals surface area contributed by atoms with Gasteiger partial charge in [-0.2, -0.15) is 13.2 Å². The fourth-order valence-corrected chi connectivity index (χ4v) is 1.12. The largest absolute Gasteiger partial charge is 0.482 e. The Labute approximate surface area is 73.9 Å². The molecule has 0 unspecified atom stereocenters. The van der Waals surface area contributed by atoms with Gasteiger partial charge in [-0.05, 0) is 6.07 Å². The monoisotopic (exact) mass is 193 g/mol. The number of halogens is 3. The minimum absolute atomic E-state index is 0.198. The molecule has 0 aliphatic rings. The SMILES string of the molecule is COc1ccc(CC(F)(F)F)n1C. The molecule has 0 aliphatic heterocycles. The second kappa shape index (κ2) is 3.32. The Balaban J connectivity index is 2.84. The highest BCUT2D eigenvalue weighted by molar-refractivity contribution is 5.21. The van der Waals surface area contributed by atoms with Gasteiger partial charge in [-0.15, -0.1) is 0 Å². The quantitative estimate of drug-likeness (QED) is 0.701. The third kappa shape index (κ3) is 2.40. The van der Waals surface area contributed by atoms with E-state index in [-0.39, 0.29) is 5.69 Å². The number of nitrogens with zero attached hydrogens (tertiary/aromatic N) is 1. The molecule has 0 atom stereocenters. The van der Waals surface area contributed by atoms with E-state index in [0.29, 0.717) is 5.88 Å². The lowest BCUT2D eigenvalue weighted by Gasteiger charge is -2.08. The molecule has 0 bridgehead atoms. The van der Waals surface area contributed by atoms with Crippen LogP contribution in [0.25, 0.3) is 0 Å². The highest BCUT2D eigenvalue weighted by Gasteiger charge is 2.29. The predicted octanol–water partition coefficient (Wildman–Crippen LogP) is 2.14. The maximum Gasteiger partial charge on any atom is 0.394 e. The first-order chi connectivity index (χ1) is 5.94. The van der Waals surface area contributed by atoms with Gasteiger partial charge in [0.15, 0.2) is 5.88 Å². The van der Waals surface area contributed by atoms with E-state index in [0.717, 1.165) is 0 Å². The summed E-state index contributed by atoms with van der Waals surface area (Å²) in [6, 6.07) is 2.92. The minimum atomic E-state index is -4.17. The molecule has 0 aromatic carbocycles. The Hall–Kier alpha value is -1.13. The number of hydrogen-bond donors (Lipinski definition) is 0. The molecule has 0 aliphatic carbocycles. The van der Waals surface area contributed by atoms with E-state index >= 15 is 0 Å². The van der Waals surface area contributed by atoms with Crippen LogP contribution in [0.2, 0.25) is 0 Å². The van der Waals surface area contributed by atoms with Gasteiger partial charge in [-0.25, -0.2) is 0 Å². The van der Waals surface area contributed by atoms with Crippen LogP contribution in [-0.4, -0.2) is 17.9 Å². The fourth-order valence-electron chi connectivity index (χ4n) is 1.12. The summed E-state index contributed by atoms with van der Waals surface area (Å²) in [6.07, 6.45) is -5.09. The maximum atomic E-state index is 12.0. The Bertz CT molecular complexity index is 290. The highest BCUT2D eigenvalue weighted by atomic mass is 19.4. The van der Waals surface area contributed by atoms with Crippen LogP contribution in [-0.2, 0) is 13.5 Å². The van der Waals surface area contributed by atoms with Crippen molar-refractivity contribution in [1.29, 1.82) is 0 Å². The summed E-state index contributed by atoms with van der Waals surface area (Å²) in [7, 11) is 2.96. The van der Waals surface area contributed by atoms with Crippen LogP contribution in [0, 0.1) is 0 Å². The van der Waals surface area contributed by atoms with Gasteiger partial charge in [0.25, 0.3) is 0 Å². The molecule has 1 aromatic heterocycles. The van der Waals surface area contributed by atoms with Crippen molar-refractivity contribution in [3.8, 4) is 5.88 Å². The topological polar surface area (TPSA) is 14.2 Å². The lowest BCUT2D eigenvalue weighted by molar-refractivity contribution is -0.128. The number of methoxy groups -OCH3 is 1. The van der Waals surface area contributed by atoms with Crippen LogP contribution < -0.4 is 4.74 Å². The highest BCUT2D eigenvalue weighted by Crippen LogP contribution is 2.24. The predicted molar refractivity (Wildman–Crippen MR) is 41.7 cm³/mol. The van der Waals surface area contributed by atoms with Crippen LogP contribution in [0.1, 0.15) is 5.69 Å². The van der Waals surface area contributed by atoms with Gasteiger partial charge in [0.2, 0.25) is 0 Å². The molecule has 74 valence electrons. The van der Waals surface area contributed by atoms with Crippen molar-refractivity contribution >= 4 is 0 Å². The molecule has 5 heteroatoms. The van der Waals surface area contributed by atoms with Crippen LogP contribution in [0.3, 0.4) is 0 Å². The summed E-state index contributed by atoms with van der Waals surface area (Å²) in [5, 5.41) is 0. The molecule has 13 heavy (non-hydrogen) atoms.